The van der Waals surface area contributed by atoms with E-state index in [2.05, 4.69) is 21.0 Å². The molecule has 1 aromatic carbocycles. The predicted octanol–water partition coefficient (Wildman–Crippen LogP) is 4.62. The maximum Gasteiger partial charge on any atom is 0.122 e. The molecule has 0 saturated heterocycles. The summed E-state index contributed by atoms with van der Waals surface area (Å²) in [6.45, 7) is 4.01. The molecule has 102 valence electrons. The maximum absolute atomic E-state index is 10.5. The average molecular weight is 364 g/mol. The highest BCUT2D eigenvalue weighted by Gasteiger charge is 2.21. The van der Waals surface area contributed by atoms with Crippen LogP contribution in [-0.4, -0.2) is 14.9 Å². The molecule has 19 heavy (non-hydrogen) atoms. The minimum absolute atomic E-state index is 0.152. The quantitative estimate of drug-likeness (QED) is 0.864. The van der Waals surface area contributed by atoms with E-state index in [9.17, 15) is 5.11 Å². The minimum atomic E-state index is -0.811. The molecule has 0 aliphatic heterocycles. The monoisotopic (exact) mass is 362 g/mol. The molecule has 3 nitrogen and oxygen atoms in total. The highest BCUT2D eigenvalue weighted by atomic mass is 79.9. The standard InChI is InChI=1S/C13H13BrCl2N2O/c1-7(2)18-12(9(14)6-17-18)13(19)8-3-4-10(15)11(16)5-8/h3-7,13,19H,1-2H3. The van der Waals surface area contributed by atoms with Gasteiger partial charge in [-0.3, -0.25) is 4.68 Å². The zero-order valence-corrected chi connectivity index (χ0v) is 13.5. The van der Waals surface area contributed by atoms with Gasteiger partial charge in [0, 0.05) is 6.04 Å². The largest absolute Gasteiger partial charge is 0.382 e. The third-order valence-corrected chi connectivity index (χ3v) is 4.14. The summed E-state index contributed by atoms with van der Waals surface area (Å²) in [5.74, 6) is 0. The van der Waals surface area contributed by atoms with Crippen LogP contribution in [-0.2, 0) is 0 Å². The maximum atomic E-state index is 10.5. The van der Waals surface area contributed by atoms with Crippen LogP contribution in [0.5, 0.6) is 0 Å². The summed E-state index contributed by atoms with van der Waals surface area (Å²) in [5, 5.41) is 15.7. The number of aliphatic hydroxyl groups is 1. The molecule has 0 amide bonds. The number of halogens is 3. The number of hydrogen-bond donors (Lipinski definition) is 1. The van der Waals surface area contributed by atoms with Gasteiger partial charge >= 0.3 is 0 Å². The van der Waals surface area contributed by atoms with Gasteiger partial charge in [-0.1, -0.05) is 29.3 Å². The predicted molar refractivity (Wildman–Crippen MR) is 80.8 cm³/mol. The van der Waals surface area contributed by atoms with Crippen LogP contribution in [0.3, 0.4) is 0 Å². The first-order valence-corrected chi connectivity index (χ1v) is 7.32. The topological polar surface area (TPSA) is 38.0 Å². The van der Waals surface area contributed by atoms with E-state index in [-0.39, 0.29) is 6.04 Å². The lowest BCUT2D eigenvalue weighted by Crippen LogP contribution is -2.12. The molecule has 1 atom stereocenters. The van der Waals surface area contributed by atoms with Crippen molar-refractivity contribution >= 4 is 39.1 Å². The van der Waals surface area contributed by atoms with E-state index in [0.717, 1.165) is 4.47 Å². The summed E-state index contributed by atoms with van der Waals surface area (Å²) in [6, 6.07) is 5.24. The Balaban J connectivity index is 2.46. The second kappa shape index (κ2) is 5.83. The van der Waals surface area contributed by atoms with Crippen LogP contribution < -0.4 is 0 Å². The summed E-state index contributed by atoms with van der Waals surface area (Å²) < 4.78 is 2.54. The van der Waals surface area contributed by atoms with Gasteiger partial charge in [-0.15, -0.1) is 0 Å². The molecule has 2 aromatic rings. The molecule has 0 aliphatic carbocycles. The van der Waals surface area contributed by atoms with Crippen LogP contribution in [0.25, 0.3) is 0 Å². The number of aromatic nitrogens is 2. The Morgan fingerprint density at radius 2 is 1.95 bits per heavy atom. The molecule has 1 unspecified atom stereocenters. The van der Waals surface area contributed by atoms with Gasteiger partial charge in [-0.05, 0) is 47.5 Å². The molecule has 0 radical (unpaired) electrons. The van der Waals surface area contributed by atoms with Crippen LogP contribution in [0.4, 0.5) is 0 Å². The van der Waals surface area contributed by atoms with Gasteiger partial charge in [0.25, 0.3) is 0 Å². The Hall–Kier alpha value is -0.550. The number of nitrogens with zero attached hydrogens (tertiary/aromatic N) is 2. The molecule has 1 N–H and O–H groups in total. The Kier molecular flexibility index (Phi) is 4.56. The van der Waals surface area contributed by atoms with E-state index >= 15 is 0 Å². The van der Waals surface area contributed by atoms with Crippen LogP contribution in [0, 0.1) is 0 Å². The van der Waals surface area contributed by atoms with Crippen molar-refractivity contribution < 1.29 is 5.11 Å². The fourth-order valence-corrected chi connectivity index (χ4v) is 2.65. The molecule has 1 aromatic heterocycles. The van der Waals surface area contributed by atoms with Crippen molar-refractivity contribution in [2.24, 2.45) is 0 Å². The molecular weight excluding hydrogens is 351 g/mol. The first kappa shape index (κ1) is 14.9. The van der Waals surface area contributed by atoms with Crippen molar-refractivity contribution in [1.29, 1.82) is 0 Å². The van der Waals surface area contributed by atoms with E-state index in [0.29, 0.717) is 21.3 Å². The van der Waals surface area contributed by atoms with Crippen LogP contribution in [0.2, 0.25) is 10.0 Å². The molecule has 0 spiro atoms. The van der Waals surface area contributed by atoms with Gasteiger partial charge in [0.15, 0.2) is 0 Å². The van der Waals surface area contributed by atoms with Crippen molar-refractivity contribution in [2.75, 3.05) is 0 Å². The van der Waals surface area contributed by atoms with Gasteiger partial charge in [-0.2, -0.15) is 5.10 Å². The average Bonchev–Trinajstić information content (AvgIpc) is 2.74. The Labute approximate surface area is 130 Å². The van der Waals surface area contributed by atoms with E-state index in [4.69, 9.17) is 23.2 Å². The second-order valence-electron chi connectivity index (χ2n) is 4.49. The lowest BCUT2D eigenvalue weighted by Gasteiger charge is -2.17. The van der Waals surface area contributed by atoms with Crippen molar-refractivity contribution in [3.8, 4) is 0 Å². The summed E-state index contributed by atoms with van der Waals surface area (Å²) in [6.07, 6.45) is 0.866. The molecular formula is C13H13BrCl2N2O. The van der Waals surface area contributed by atoms with Crippen molar-refractivity contribution in [3.05, 3.63) is 50.2 Å². The van der Waals surface area contributed by atoms with E-state index in [1.54, 1.807) is 29.1 Å². The molecule has 0 aliphatic rings. The summed E-state index contributed by atoms with van der Waals surface area (Å²) >= 11 is 15.3. The number of rotatable bonds is 3. The normalized spacial score (nSPS) is 13.0. The molecule has 0 bridgehead atoms. The fourth-order valence-electron chi connectivity index (χ4n) is 1.86. The van der Waals surface area contributed by atoms with Crippen molar-refractivity contribution in [2.45, 2.75) is 26.0 Å². The Morgan fingerprint density at radius 1 is 1.26 bits per heavy atom. The zero-order chi connectivity index (χ0) is 14.2. The molecule has 2 rings (SSSR count). The first-order chi connectivity index (χ1) is 8.91. The highest BCUT2D eigenvalue weighted by molar-refractivity contribution is 9.10. The van der Waals surface area contributed by atoms with E-state index in [1.807, 2.05) is 13.8 Å². The molecule has 1 heterocycles. The fraction of sp³-hybridized carbons (Fsp3) is 0.308. The van der Waals surface area contributed by atoms with Gasteiger partial charge in [-0.25, -0.2) is 0 Å². The number of hydrogen-bond acceptors (Lipinski definition) is 2. The van der Waals surface area contributed by atoms with E-state index in [1.165, 1.54) is 0 Å². The van der Waals surface area contributed by atoms with Gasteiger partial charge in [0.1, 0.15) is 6.10 Å². The number of benzene rings is 1. The van der Waals surface area contributed by atoms with Crippen LogP contribution in [0.1, 0.15) is 37.3 Å². The third-order valence-electron chi connectivity index (χ3n) is 2.79. The SMILES string of the molecule is CC(C)n1ncc(Br)c1C(O)c1ccc(Cl)c(Cl)c1. The van der Waals surface area contributed by atoms with Crippen LogP contribution >= 0.6 is 39.1 Å². The lowest BCUT2D eigenvalue weighted by molar-refractivity contribution is 0.204. The van der Waals surface area contributed by atoms with Crippen molar-refractivity contribution in [1.82, 2.24) is 9.78 Å². The molecule has 0 saturated carbocycles. The Morgan fingerprint density at radius 3 is 2.53 bits per heavy atom. The molecule has 0 fully saturated rings. The van der Waals surface area contributed by atoms with E-state index < -0.39 is 6.10 Å². The van der Waals surface area contributed by atoms with Gasteiger partial charge in [0.2, 0.25) is 0 Å². The third kappa shape index (κ3) is 2.97. The van der Waals surface area contributed by atoms with Gasteiger partial charge < -0.3 is 5.11 Å². The summed E-state index contributed by atoms with van der Waals surface area (Å²) in [7, 11) is 0. The molecule has 6 heteroatoms. The number of aliphatic hydroxyl groups excluding tert-OH is 1. The lowest BCUT2D eigenvalue weighted by atomic mass is 10.1. The minimum Gasteiger partial charge on any atom is -0.382 e. The second-order valence-corrected chi connectivity index (χ2v) is 6.16. The van der Waals surface area contributed by atoms with Crippen LogP contribution in [0.15, 0.2) is 28.9 Å². The zero-order valence-electron chi connectivity index (χ0n) is 10.4. The summed E-state index contributed by atoms with van der Waals surface area (Å²) in [4.78, 5) is 0. The highest BCUT2D eigenvalue weighted by Crippen LogP contribution is 2.33. The summed E-state index contributed by atoms with van der Waals surface area (Å²) in [5.41, 5.74) is 1.38. The van der Waals surface area contributed by atoms with Gasteiger partial charge in [0.05, 0.1) is 26.4 Å². The first-order valence-electron chi connectivity index (χ1n) is 5.77. The smallest absolute Gasteiger partial charge is 0.122 e. The van der Waals surface area contributed by atoms with Crippen molar-refractivity contribution in [3.63, 3.8) is 0 Å². The Bertz CT molecular complexity index is 598.